The van der Waals surface area contributed by atoms with E-state index in [1.807, 2.05) is 13.8 Å². The molecule has 1 saturated carbocycles. The summed E-state index contributed by atoms with van der Waals surface area (Å²) in [5.41, 5.74) is -0.773. The molecule has 7 heteroatoms. The normalized spacial score (nSPS) is 29.6. The predicted molar refractivity (Wildman–Crippen MR) is 76.3 cm³/mol. The van der Waals surface area contributed by atoms with Crippen molar-refractivity contribution >= 4 is 15.8 Å². The van der Waals surface area contributed by atoms with Gasteiger partial charge in [0.1, 0.15) is 5.54 Å². The average molecular weight is 304 g/mol. The third kappa shape index (κ3) is 3.71. The fourth-order valence-corrected chi connectivity index (χ4v) is 4.37. The van der Waals surface area contributed by atoms with Crippen LogP contribution in [0.1, 0.15) is 26.7 Å². The number of esters is 1. The van der Waals surface area contributed by atoms with Crippen LogP contribution in [0.5, 0.6) is 0 Å². The first-order valence-electron chi connectivity index (χ1n) is 7.06. The Labute approximate surface area is 120 Å². The van der Waals surface area contributed by atoms with Crippen molar-refractivity contribution < 1.29 is 17.9 Å². The predicted octanol–water partition coefficient (Wildman–Crippen LogP) is -0.211. The molecule has 1 saturated heterocycles. The molecule has 0 spiro atoms. The maximum Gasteiger partial charge on any atom is 0.327 e. The van der Waals surface area contributed by atoms with Crippen LogP contribution < -0.4 is 5.32 Å². The largest absolute Gasteiger partial charge is 0.468 e. The molecular formula is C13H24N2O4S. The highest BCUT2D eigenvalue weighted by atomic mass is 32.2. The molecule has 1 aliphatic heterocycles. The Kier molecular flexibility index (Phi) is 4.41. The van der Waals surface area contributed by atoms with Crippen molar-refractivity contribution in [2.45, 2.75) is 44.3 Å². The minimum absolute atomic E-state index is 0.0706. The van der Waals surface area contributed by atoms with Gasteiger partial charge in [0, 0.05) is 25.2 Å². The summed E-state index contributed by atoms with van der Waals surface area (Å²) in [5, 5.41) is 3.34. The van der Waals surface area contributed by atoms with Crippen LogP contribution in [-0.4, -0.2) is 68.6 Å². The van der Waals surface area contributed by atoms with Crippen LogP contribution in [0.15, 0.2) is 0 Å². The van der Waals surface area contributed by atoms with Gasteiger partial charge in [-0.05, 0) is 26.7 Å². The van der Waals surface area contributed by atoms with E-state index in [0.29, 0.717) is 19.1 Å². The second-order valence-corrected chi connectivity index (χ2v) is 8.40. The number of methoxy groups -OCH3 is 1. The molecule has 0 aromatic heterocycles. The van der Waals surface area contributed by atoms with E-state index in [-0.39, 0.29) is 23.5 Å². The smallest absolute Gasteiger partial charge is 0.327 e. The molecule has 1 aliphatic carbocycles. The van der Waals surface area contributed by atoms with Crippen molar-refractivity contribution in [2.75, 3.05) is 31.7 Å². The number of hydrogen-bond acceptors (Lipinski definition) is 6. The maximum absolute atomic E-state index is 12.1. The second kappa shape index (κ2) is 5.61. The van der Waals surface area contributed by atoms with Crippen molar-refractivity contribution in [1.29, 1.82) is 0 Å². The zero-order chi connectivity index (χ0) is 15.0. The third-order valence-electron chi connectivity index (χ3n) is 4.06. The highest BCUT2D eigenvalue weighted by Gasteiger charge is 2.42. The zero-order valence-electron chi connectivity index (χ0n) is 12.4. The molecule has 1 heterocycles. The van der Waals surface area contributed by atoms with Crippen molar-refractivity contribution in [1.82, 2.24) is 10.2 Å². The molecule has 2 unspecified atom stereocenters. The highest BCUT2D eigenvalue weighted by Crippen LogP contribution is 2.25. The molecule has 6 nitrogen and oxygen atoms in total. The van der Waals surface area contributed by atoms with Gasteiger partial charge < -0.3 is 4.74 Å². The molecular weight excluding hydrogens is 280 g/mol. The van der Waals surface area contributed by atoms with Gasteiger partial charge in [0.2, 0.25) is 0 Å². The van der Waals surface area contributed by atoms with Gasteiger partial charge in [-0.25, -0.2) is 8.42 Å². The Morgan fingerprint density at radius 1 is 1.45 bits per heavy atom. The topological polar surface area (TPSA) is 75.7 Å². The number of carbonyl (C=O) groups excluding carboxylic acids is 1. The Hall–Kier alpha value is -0.660. The van der Waals surface area contributed by atoms with E-state index >= 15 is 0 Å². The molecule has 2 atom stereocenters. The molecule has 2 rings (SSSR count). The van der Waals surface area contributed by atoms with Crippen molar-refractivity contribution in [3.63, 3.8) is 0 Å². The first kappa shape index (κ1) is 15.7. The molecule has 1 N–H and O–H groups in total. The number of nitrogens with zero attached hydrogens (tertiary/aromatic N) is 1. The highest BCUT2D eigenvalue weighted by molar-refractivity contribution is 7.91. The van der Waals surface area contributed by atoms with Gasteiger partial charge in [-0.3, -0.25) is 15.0 Å². The lowest BCUT2D eigenvalue weighted by Crippen LogP contribution is -2.61. The van der Waals surface area contributed by atoms with Crippen molar-refractivity contribution in [3.8, 4) is 0 Å². The number of hydrogen-bond donors (Lipinski definition) is 1. The standard InChI is InChI=1S/C13H24N2O4S/c1-10-8-20(17,18)7-6-15(10)9-13(2,12(16)19-3)14-11-4-5-11/h10-11,14H,4-9H2,1-3H3. The second-order valence-electron chi connectivity index (χ2n) is 6.18. The summed E-state index contributed by atoms with van der Waals surface area (Å²) in [6.07, 6.45) is 2.16. The fraction of sp³-hybridized carbons (Fsp3) is 0.923. The molecule has 0 aromatic carbocycles. The first-order valence-corrected chi connectivity index (χ1v) is 8.88. The molecule has 116 valence electrons. The van der Waals surface area contributed by atoms with Crippen LogP contribution in [-0.2, 0) is 19.4 Å². The SMILES string of the molecule is COC(=O)C(C)(CN1CCS(=O)(=O)CC1C)NC1CC1. The summed E-state index contributed by atoms with van der Waals surface area (Å²) < 4.78 is 28.1. The van der Waals surface area contributed by atoms with Gasteiger partial charge in [-0.1, -0.05) is 0 Å². The number of sulfone groups is 1. The van der Waals surface area contributed by atoms with Crippen molar-refractivity contribution in [2.24, 2.45) is 0 Å². The van der Waals surface area contributed by atoms with E-state index < -0.39 is 15.4 Å². The first-order chi connectivity index (χ1) is 9.26. The summed E-state index contributed by atoms with van der Waals surface area (Å²) in [6.45, 7) is 4.69. The van der Waals surface area contributed by atoms with E-state index in [1.54, 1.807) is 0 Å². The fourth-order valence-electron chi connectivity index (χ4n) is 2.75. The Morgan fingerprint density at radius 2 is 2.10 bits per heavy atom. The van der Waals surface area contributed by atoms with E-state index in [4.69, 9.17) is 4.74 Å². The van der Waals surface area contributed by atoms with Gasteiger partial charge in [0.25, 0.3) is 0 Å². The number of rotatable bonds is 5. The van der Waals surface area contributed by atoms with Crippen LogP contribution in [0.25, 0.3) is 0 Å². The summed E-state index contributed by atoms with van der Waals surface area (Å²) >= 11 is 0. The lowest BCUT2D eigenvalue weighted by Gasteiger charge is -2.39. The average Bonchev–Trinajstić information content (AvgIpc) is 3.15. The third-order valence-corrected chi connectivity index (χ3v) is 5.86. The zero-order valence-corrected chi connectivity index (χ0v) is 13.2. The van der Waals surface area contributed by atoms with E-state index in [2.05, 4.69) is 10.2 Å². The number of ether oxygens (including phenoxy) is 1. The minimum atomic E-state index is -2.94. The lowest BCUT2D eigenvalue weighted by molar-refractivity contribution is -0.149. The van der Waals surface area contributed by atoms with E-state index in [9.17, 15) is 13.2 Å². The monoisotopic (exact) mass is 304 g/mol. The summed E-state index contributed by atoms with van der Waals surface area (Å²) in [7, 11) is -1.55. The molecule has 0 amide bonds. The van der Waals surface area contributed by atoms with Gasteiger partial charge in [-0.15, -0.1) is 0 Å². The molecule has 2 fully saturated rings. The Balaban J connectivity index is 2.05. The van der Waals surface area contributed by atoms with E-state index in [1.165, 1.54) is 7.11 Å². The summed E-state index contributed by atoms with van der Waals surface area (Å²) in [4.78, 5) is 14.1. The summed E-state index contributed by atoms with van der Waals surface area (Å²) in [5.74, 6) is 0.0381. The van der Waals surface area contributed by atoms with Gasteiger partial charge in [-0.2, -0.15) is 0 Å². The number of carbonyl (C=O) groups is 1. The van der Waals surface area contributed by atoms with Crippen LogP contribution in [0, 0.1) is 0 Å². The molecule has 20 heavy (non-hydrogen) atoms. The van der Waals surface area contributed by atoms with Crippen LogP contribution in [0.4, 0.5) is 0 Å². The van der Waals surface area contributed by atoms with Gasteiger partial charge in [0.05, 0.1) is 18.6 Å². The Morgan fingerprint density at radius 3 is 2.60 bits per heavy atom. The lowest BCUT2D eigenvalue weighted by atomic mass is 10.0. The number of nitrogens with one attached hydrogen (secondary N) is 1. The van der Waals surface area contributed by atoms with Crippen LogP contribution in [0.2, 0.25) is 0 Å². The van der Waals surface area contributed by atoms with Gasteiger partial charge in [0.15, 0.2) is 9.84 Å². The molecule has 2 aliphatic rings. The van der Waals surface area contributed by atoms with E-state index in [0.717, 1.165) is 12.8 Å². The van der Waals surface area contributed by atoms with Crippen LogP contribution in [0.3, 0.4) is 0 Å². The quantitative estimate of drug-likeness (QED) is 0.708. The minimum Gasteiger partial charge on any atom is -0.468 e. The molecule has 0 aromatic rings. The van der Waals surface area contributed by atoms with Crippen molar-refractivity contribution in [3.05, 3.63) is 0 Å². The summed E-state index contributed by atoms with van der Waals surface area (Å²) in [6, 6.07) is 0.307. The molecule has 0 bridgehead atoms. The van der Waals surface area contributed by atoms with Gasteiger partial charge >= 0.3 is 5.97 Å². The maximum atomic E-state index is 12.1. The van der Waals surface area contributed by atoms with Crippen LogP contribution >= 0.6 is 0 Å². The Bertz CT molecular complexity index is 475. The molecule has 0 radical (unpaired) electrons.